The molecule has 1 saturated carbocycles. The Balaban J connectivity index is 1.53. The molecule has 2 aromatic carbocycles. The van der Waals surface area contributed by atoms with E-state index in [0.717, 1.165) is 31.2 Å². The molecule has 148 valence electrons. The number of rotatable bonds is 4. The Bertz CT molecular complexity index is 791. The van der Waals surface area contributed by atoms with Gasteiger partial charge in [0, 0.05) is 24.9 Å². The fraction of sp³-hybridized carbons (Fsp3) is 0.480. The second-order valence-electron chi connectivity index (χ2n) is 8.60. The summed E-state index contributed by atoms with van der Waals surface area (Å²) in [5.41, 5.74) is 1.42. The molecule has 0 bridgehead atoms. The van der Waals surface area contributed by atoms with Gasteiger partial charge in [-0.15, -0.1) is 0 Å². The molecule has 2 aliphatic rings. The zero-order valence-corrected chi connectivity index (χ0v) is 16.8. The Morgan fingerprint density at radius 3 is 2.43 bits per heavy atom. The largest absolute Gasteiger partial charge is 0.385 e. The molecule has 3 heteroatoms. The number of hydrogen-bond acceptors (Lipinski definition) is 2. The molecule has 1 aliphatic carbocycles. The van der Waals surface area contributed by atoms with Crippen LogP contribution in [0.25, 0.3) is 0 Å². The summed E-state index contributed by atoms with van der Waals surface area (Å²) in [6.07, 6.45) is 5.45. The Morgan fingerprint density at radius 1 is 1.07 bits per heavy atom. The van der Waals surface area contributed by atoms with E-state index in [4.69, 9.17) is 0 Å². The lowest BCUT2D eigenvalue weighted by Crippen LogP contribution is -2.59. The zero-order chi connectivity index (χ0) is 19.6. The number of amides is 1. The van der Waals surface area contributed by atoms with Crippen LogP contribution in [0, 0.1) is 5.92 Å². The van der Waals surface area contributed by atoms with Gasteiger partial charge in [0.05, 0.1) is 5.60 Å². The minimum atomic E-state index is -0.811. The van der Waals surface area contributed by atoms with Gasteiger partial charge in [-0.1, -0.05) is 80.4 Å². The van der Waals surface area contributed by atoms with Crippen LogP contribution in [0.3, 0.4) is 0 Å². The summed E-state index contributed by atoms with van der Waals surface area (Å²) in [5, 5.41) is 11.7. The first-order chi connectivity index (χ1) is 13.6. The average molecular weight is 378 g/mol. The van der Waals surface area contributed by atoms with Gasteiger partial charge in [-0.3, -0.25) is 4.79 Å². The van der Waals surface area contributed by atoms with Gasteiger partial charge in [0.1, 0.15) is 0 Å². The minimum Gasteiger partial charge on any atom is -0.385 e. The summed E-state index contributed by atoms with van der Waals surface area (Å²) in [7, 11) is 0. The van der Waals surface area contributed by atoms with Gasteiger partial charge >= 0.3 is 0 Å². The number of carbonyl (C=O) groups excluding carboxylic acids is 1. The van der Waals surface area contributed by atoms with Gasteiger partial charge in [0.15, 0.2) is 0 Å². The molecule has 1 aliphatic heterocycles. The molecule has 2 fully saturated rings. The molecule has 1 heterocycles. The Hall–Kier alpha value is -2.13. The highest BCUT2D eigenvalue weighted by Crippen LogP contribution is 2.47. The molecule has 3 nitrogen and oxygen atoms in total. The topological polar surface area (TPSA) is 40.5 Å². The van der Waals surface area contributed by atoms with E-state index in [1.807, 2.05) is 48.5 Å². The predicted octanol–water partition coefficient (Wildman–Crippen LogP) is 4.86. The van der Waals surface area contributed by atoms with Gasteiger partial charge in [-0.25, -0.2) is 0 Å². The highest BCUT2D eigenvalue weighted by molar-refractivity contribution is 5.77. The van der Waals surface area contributed by atoms with Crippen molar-refractivity contribution in [2.24, 2.45) is 5.92 Å². The van der Waals surface area contributed by atoms with E-state index in [1.54, 1.807) is 0 Å². The number of fused-ring (bicyclic) bond motifs is 1. The fourth-order valence-electron chi connectivity index (χ4n) is 5.36. The molecule has 0 aromatic heterocycles. The monoisotopic (exact) mass is 377 g/mol. The van der Waals surface area contributed by atoms with E-state index in [9.17, 15) is 9.90 Å². The fourth-order valence-corrected chi connectivity index (χ4v) is 5.36. The summed E-state index contributed by atoms with van der Waals surface area (Å²) < 4.78 is 0. The second-order valence-corrected chi connectivity index (χ2v) is 8.60. The van der Waals surface area contributed by atoms with Crippen molar-refractivity contribution in [2.75, 3.05) is 6.54 Å². The van der Waals surface area contributed by atoms with Crippen LogP contribution >= 0.6 is 0 Å². The molecule has 2 aromatic rings. The predicted molar refractivity (Wildman–Crippen MR) is 112 cm³/mol. The number of piperidine rings is 1. The lowest BCUT2D eigenvalue weighted by atomic mass is 9.66. The highest BCUT2D eigenvalue weighted by Gasteiger charge is 2.50. The second kappa shape index (κ2) is 8.08. The standard InChI is InChI=1S/C25H31NO2/c1-19(20-10-4-2-5-11-20)18-24(27)26-17-16-25(28,21-12-6-3-7-13-21)22-14-8-9-15-23(22)26/h2-7,10-13,19,22-23,28H,8-9,14-18H2,1H3/t19?,22-,23?,25-/m1/s1. The SMILES string of the molecule is CC(CC(=O)N1CC[C@@](O)(c2ccccc2)[C@@H]2CCCCC21)c1ccccc1. The van der Waals surface area contributed by atoms with Gasteiger partial charge in [-0.2, -0.15) is 0 Å². The molecule has 1 saturated heterocycles. The number of nitrogens with zero attached hydrogens (tertiary/aromatic N) is 1. The molecule has 4 rings (SSSR count). The molecule has 28 heavy (non-hydrogen) atoms. The molecular formula is C25H31NO2. The quantitative estimate of drug-likeness (QED) is 0.827. The normalized spacial score (nSPS) is 28.4. The lowest BCUT2D eigenvalue weighted by molar-refractivity contribution is -0.155. The van der Waals surface area contributed by atoms with Crippen LogP contribution in [0.4, 0.5) is 0 Å². The Labute approximate surface area is 168 Å². The van der Waals surface area contributed by atoms with Gasteiger partial charge in [0.2, 0.25) is 5.91 Å². The molecule has 2 unspecified atom stereocenters. The summed E-state index contributed by atoms with van der Waals surface area (Å²) in [6, 6.07) is 20.5. The van der Waals surface area contributed by atoms with Crippen LogP contribution in [-0.2, 0) is 10.4 Å². The molecule has 1 N–H and O–H groups in total. The van der Waals surface area contributed by atoms with Crippen molar-refractivity contribution in [2.45, 2.75) is 63.0 Å². The third-order valence-electron chi connectivity index (χ3n) is 6.92. The molecule has 4 atom stereocenters. The average Bonchev–Trinajstić information content (AvgIpc) is 2.75. The summed E-state index contributed by atoms with van der Waals surface area (Å²) in [6.45, 7) is 2.78. The maximum Gasteiger partial charge on any atom is 0.223 e. The molecule has 0 spiro atoms. The molecular weight excluding hydrogens is 346 g/mol. The minimum absolute atomic E-state index is 0.133. The maximum absolute atomic E-state index is 13.2. The number of aliphatic hydroxyl groups is 1. The first-order valence-corrected chi connectivity index (χ1v) is 10.7. The molecule has 0 radical (unpaired) electrons. The van der Waals surface area contributed by atoms with Crippen LogP contribution in [0.2, 0.25) is 0 Å². The van der Waals surface area contributed by atoms with Crippen LogP contribution in [-0.4, -0.2) is 28.5 Å². The maximum atomic E-state index is 13.2. The molecule has 1 amide bonds. The van der Waals surface area contributed by atoms with Crippen molar-refractivity contribution < 1.29 is 9.90 Å². The summed E-state index contributed by atoms with van der Waals surface area (Å²) in [5.74, 6) is 0.586. The third kappa shape index (κ3) is 3.60. The highest BCUT2D eigenvalue weighted by atomic mass is 16.3. The van der Waals surface area contributed by atoms with Crippen LogP contribution in [0.5, 0.6) is 0 Å². The van der Waals surface area contributed by atoms with Crippen LogP contribution < -0.4 is 0 Å². The first-order valence-electron chi connectivity index (χ1n) is 10.7. The van der Waals surface area contributed by atoms with Crippen molar-refractivity contribution in [3.05, 3.63) is 71.8 Å². The number of carbonyl (C=O) groups is 1. The van der Waals surface area contributed by atoms with Gasteiger partial charge in [0.25, 0.3) is 0 Å². The number of benzene rings is 2. The van der Waals surface area contributed by atoms with Crippen molar-refractivity contribution in [3.63, 3.8) is 0 Å². The van der Waals surface area contributed by atoms with Crippen LogP contribution in [0.1, 0.15) is 62.5 Å². The van der Waals surface area contributed by atoms with Crippen molar-refractivity contribution in [1.29, 1.82) is 0 Å². The Morgan fingerprint density at radius 2 is 1.71 bits per heavy atom. The Kier molecular flexibility index (Phi) is 5.54. The van der Waals surface area contributed by atoms with E-state index in [2.05, 4.69) is 24.0 Å². The number of likely N-dealkylation sites (tertiary alicyclic amines) is 1. The third-order valence-corrected chi connectivity index (χ3v) is 6.92. The van der Waals surface area contributed by atoms with E-state index in [0.29, 0.717) is 19.4 Å². The van der Waals surface area contributed by atoms with E-state index < -0.39 is 5.60 Å². The van der Waals surface area contributed by atoms with Crippen molar-refractivity contribution in [1.82, 2.24) is 4.90 Å². The van der Waals surface area contributed by atoms with Gasteiger partial charge < -0.3 is 10.0 Å². The smallest absolute Gasteiger partial charge is 0.223 e. The van der Waals surface area contributed by atoms with Gasteiger partial charge in [-0.05, 0) is 36.3 Å². The summed E-state index contributed by atoms with van der Waals surface area (Å²) >= 11 is 0. The van der Waals surface area contributed by atoms with E-state index in [-0.39, 0.29) is 23.8 Å². The zero-order valence-electron chi connectivity index (χ0n) is 16.8. The van der Waals surface area contributed by atoms with Crippen molar-refractivity contribution >= 4 is 5.91 Å². The van der Waals surface area contributed by atoms with Crippen molar-refractivity contribution in [3.8, 4) is 0 Å². The number of hydrogen-bond donors (Lipinski definition) is 1. The van der Waals surface area contributed by atoms with Crippen LogP contribution in [0.15, 0.2) is 60.7 Å². The lowest BCUT2D eigenvalue weighted by Gasteiger charge is -2.52. The van der Waals surface area contributed by atoms with E-state index in [1.165, 1.54) is 5.56 Å². The van der Waals surface area contributed by atoms with E-state index >= 15 is 0 Å². The summed E-state index contributed by atoms with van der Waals surface area (Å²) in [4.78, 5) is 15.3. The first kappa shape index (κ1) is 19.2.